The summed E-state index contributed by atoms with van der Waals surface area (Å²) in [5.41, 5.74) is 1.17. The lowest BCUT2D eigenvalue weighted by Crippen LogP contribution is -2.42. The fourth-order valence-electron chi connectivity index (χ4n) is 3.50. The standard InChI is InChI=1S/C22H39N5O3/c1-6-23-22(24-10-7-11-26(2)3)25-17-19(27-12-14-30-15-13-27)18-8-9-20(28-4)21(16-18)29-5/h8-9,16,19H,6-7,10-15,17H2,1-5H3,(H2,23,24,25). The zero-order valence-corrected chi connectivity index (χ0v) is 19.2. The smallest absolute Gasteiger partial charge is 0.191 e. The summed E-state index contributed by atoms with van der Waals surface area (Å²) in [4.78, 5) is 9.53. The summed E-state index contributed by atoms with van der Waals surface area (Å²) < 4.78 is 16.5. The summed E-state index contributed by atoms with van der Waals surface area (Å²) in [7, 11) is 7.51. The minimum Gasteiger partial charge on any atom is -0.493 e. The highest BCUT2D eigenvalue weighted by Crippen LogP contribution is 2.32. The summed E-state index contributed by atoms with van der Waals surface area (Å²) in [6.45, 7) is 8.79. The molecule has 1 heterocycles. The monoisotopic (exact) mass is 421 g/mol. The summed E-state index contributed by atoms with van der Waals surface area (Å²) in [6.07, 6.45) is 1.07. The molecule has 2 N–H and O–H groups in total. The molecule has 2 rings (SSSR count). The SMILES string of the molecule is CCNC(=NCC(c1ccc(OC)c(OC)c1)N1CCOCC1)NCCCN(C)C. The molecule has 0 saturated carbocycles. The molecule has 1 fully saturated rings. The third kappa shape index (κ3) is 7.66. The van der Waals surface area contributed by atoms with Crippen molar-refractivity contribution in [1.29, 1.82) is 0 Å². The summed E-state index contributed by atoms with van der Waals surface area (Å²) in [5.74, 6) is 2.34. The number of nitrogens with one attached hydrogen (secondary N) is 2. The van der Waals surface area contributed by atoms with Gasteiger partial charge < -0.3 is 29.7 Å². The fraction of sp³-hybridized carbons (Fsp3) is 0.682. The minimum absolute atomic E-state index is 0.144. The Morgan fingerprint density at radius 3 is 2.53 bits per heavy atom. The number of guanidine groups is 1. The van der Waals surface area contributed by atoms with E-state index >= 15 is 0 Å². The number of aliphatic imine (C=N–C) groups is 1. The van der Waals surface area contributed by atoms with Gasteiger partial charge in [0.1, 0.15) is 0 Å². The molecule has 30 heavy (non-hydrogen) atoms. The second kappa shape index (κ2) is 13.3. The zero-order chi connectivity index (χ0) is 21.8. The van der Waals surface area contributed by atoms with Crippen LogP contribution in [0.5, 0.6) is 11.5 Å². The maximum atomic E-state index is 5.57. The van der Waals surface area contributed by atoms with Crippen LogP contribution in [0.15, 0.2) is 23.2 Å². The average Bonchev–Trinajstić information content (AvgIpc) is 2.77. The number of methoxy groups -OCH3 is 2. The molecular formula is C22H39N5O3. The molecular weight excluding hydrogens is 382 g/mol. The Morgan fingerprint density at radius 2 is 1.90 bits per heavy atom. The molecule has 0 radical (unpaired) electrons. The number of nitrogens with zero attached hydrogens (tertiary/aromatic N) is 3. The van der Waals surface area contributed by atoms with Crippen molar-refractivity contribution < 1.29 is 14.2 Å². The van der Waals surface area contributed by atoms with E-state index in [0.717, 1.165) is 69.8 Å². The van der Waals surface area contributed by atoms with Gasteiger partial charge in [0.05, 0.1) is 40.0 Å². The Labute approximate surface area is 181 Å². The predicted octanol–water partition coefficient (Wildman–Crippen LogP) is 1.58. The number of rotatable bonds is 11. The molecule has 1 aliphatic heterocycles. The van der Waals surface area contributed by atoms with E-state index in [1.807, 2.05) is 6.07 Å². The van der Waals surface area contributed by atoms with Crippen molar-refractivity contribution in [3.8, 4) is 11.5 Å². The lowest BCUT2D eigenvalue weighted by atomic mass is 10.0. The van der Waals surface area contributed by atoms with E-state index in [-0.39, 0.29) is 6.04 Å². The Hall–Kier alpha value is -2.03. The van der Waals surface area contributed by atoms with E-state index in [1.54, 1.807) is 14.2 Å². The lowest BCUT2D eigenvalue weighted by molar-refractivity contribution is 0.0179. The number of benzene rings is 1. The molecule has 1 aliphatic rings. The first kappa shape index (κ1) is 24.2. The van der Waals surface area contributed by atoms with Crippen LogP contribution in [0.4, 0.5) is 0 Å². The second-order valence-corrected chi connectivity index (χ2v) is 7.58. The first-order valence-electron chi connectivity index (χ1n) is 10.8. The highest BCUT2D eigenvalue weighted by molar-refractivity contribution is 5.79. The van der Waals surface area contributed by atoms with Gasteiger partial charge in [0.15, 0.2) is 17.5 Å². The van der Waals surface area contributed by atoms with Crippen LogP contribution in [0, 0.1) is 0 Å². The van der Waals surface area contributed by atoms with Crippen LogP contribution >= 0.6 is 0 Å². The first-order chi connectivity index (χ1) is 14.6. The summed E-state index contributed by atoms with van der Waals surface area (Å²) >= 11 is 0. The van der Waals surface area contributed by atoms with E-state index in [9.17, 15) is 0 Å². The molecule has 1 unspecified atom stereocenters. The Morgan fingerprint density at radius 1 is 1.17 bits per heavy atom. The topological polar surface area (TPSA) is 70.6 Å². The van der Waals surface area contributed by atoms with Crippen molar-refractivity contribution >= 4 is 5.96 Å². The van der Waals surface area contributed by atoms with Crippen molar-refractivity contribution in [3.05, 3.63) is 23.8 Å². The van der Waals surface area contributed by atoms with E-state index in [4.69, 9.17) is 19.2 Å². The molecule has 0 aromatic heterocycles. The molecule has 170 valence electrons. The van der Waals surface area contributed by atoms with Crippen LogP contribution in [0.25, 0.3) is 0 Å². The van der Waals surface area contributed by atoms with E-state index in [0.29, 0.717) is 6.54 Å². The highest BCUT2D eigenvalue weighted by atomic mass is 16.5. The number of ether oxygens (including phenoxy) is 3. The van der Waals surface area contributed by atoms with Crippen LogP contribution in [-0.2, 0) is 4.74 Å². The molecule has 1 atom stereocenters. The van der Waals surface area contributed by atoms with Crippen molar-refractivity contribution in [2.24, 2.45) is 4.99 Å². The van der Waals surface area contributed by atoms with Gasteiger partial charge in [-0.05, 0) is 51.7 Å². The van der Waals surface area contributed by atoms with Crippen LogP contribution in [-0.4, -0.2) is 96.6 Å². The third-order valence-electron chi connectivity index (χ3n) is 5.12. The molecule has 0 amide bonds. The van der Waals surface area contributed by atoms with Crippen molar-refractivity contribution in [3.63, 3.8) is 0 Å². The maximum Gasteiger partial charge on any atom is 0.191 e. The average molecular weight is 422 g/mol. The largest absolute Gasteiger partial charge is 0.493 e. The van der Waals surface area contributed by atoms with Crippen molar-refractivity contribution in [2.75, 3.05) is 80.8 Å². The molecule has 1 saturated heterocycles. The number of hydrogen-bond acceptors (Lipinski definition) is 6. The molecule has 0 aliphatic carbocycles. The Bertz CT molecular complexity index is 648. The lowest BCUT2D eigenvalue weighted by Gasteiger charge is -2.34. The normalized spacial score (nSPS) is 16.4. The Balaban J connectivity index is 2.16. The molecule has 8 heteroatoms. The fourth-order valence-corrected chi connectivity index (χ4v) is 3.50. The van der Waals surface area contributed by atoms with Gasteiger partial charge in [0.2, 0.25) is 0 Å². The van der Waals surface area contributed by atoms with Gasteiger partial charge in [-0.3, -0.25) is 9.89 Å². The van der Waals surface area contributed by atoms with E-state index in [2.05, 4.69) is 53.6 Å². The van der Waals surface area contributed by atoms with Gasteiger partial charge in [-0.25, -0.2) is 0 Å². The van der Waals surface area contributed by atoms with Gasteiger partial charge in [0.25, 0.3) is 0 Å². The highest BCUT2D eigenvalue weighted by Gasteiger charge is 2.24. The second-order valence-electron chi connectivity index (χ2n) is 7.58. The molecule has 0 spiro atoms. The molecule has 0 bridgehead atoms. The van der Waals surface area contributed by atoms with E-state index < -0.39 is 0 Å². The molecule has 1 aromatic rings. The van der Waals surface area contributed by atoms with Gasteiger partial charge >= 0.3 is 0 Å². The van der Waals surface area contributed by atoms with E-state index in [1.165, 1.54) is 5.56 Å². The summed E-state index contributed by atoms with van der Waals surface area (Å²) in [6, 6.07) is 6.28. The van der Waals surface area contributed by atoms with Crippen LogP contribution in [0.2, 0.25) is 0 Å². The van der Waals surface area contributed by atoms with Gasteiger partial charge in [-0.1, -0.05) is 6.07 Å². The quantitative estimate of drug-likeness (QED) is 0.319. The summed E-state index contributed by atoms with van der Waals surface area (Å²) in [5, 5.41) is 6.81. The van der Waals surface area contributed by atoms with Gasteiger partial charge in [0, 0.05) is 26.2 Å². The molecule has 1 aromatic carbocycles. The van der Waals surface area contributed by atoms with Crippen LogP contribution in [0.1, 0.15) is 24.9 Å². The maximum absolute atomic E-state index is 5.57. The van der Waals surface area contributed by atoms with Crippen molar-refractivity contribution in [1.82, 2.24) is 20.4 Å². The van der Waals surface area contributed by atoms with Crippen LogP contribution in [0.3, 0.4) is 0 Å². The van der Waals surface area contributed by atoms with Gasteiger partial charge in [-0.15, -0.1) is 0 Å². The molecule has 8 nitrogen and oxygen atoms in total. The Kier molecular flexibility index (Phi) is 10.8. The zero-order valence-electron chi connectivity index (χ0n) is 19.2. The number of hydrogen-bond donors (Lipinski definition) is 2. The van der Waals surface area contributed by atoms with Crippen molar-refractivity contribution in [2.45, 2.75) is 19.4 Å². The minimum atomic E-state index is 0.144. The van der Waals surface area contributed by atoms with Gasteiger partial charge in [-0.2, -0.15) is 0 Å². The first-order valence-corrected chi connectivity index (χ1v) is 10.8. The predicted molar refractivity (Wildman–Crippen MR) is 122 cm³/mol. The van der Waals surface area contributed by atoms with Crippen LogP contribution < -0.4 is 20.1 Å². The number of morpholine rings is 1. The third-order valence-corrected chi connectivity index (χ3v) is 5.12.